The van der Waals surface area contributed by atoms with Gasteiger partial charge in [0, 0.05) is 16.9 Å². The average Bonchev–Trinajstić information content (AvgIpc) is 2.84. The molecule has 1 aromatic carbocycles. The number of piperidine rings is 1. The van der Waals surface area contributed by atoms with Gasteiger partial charge in [-0.25, -0.2) is 4.98 Å². The summed E-state index contributed by atoms with van der Waals surface area (Å²) in [4.78, 5) is 4.79. The Morgan fingerprint density at radius 3 is 2.65 bits per heavy atom. The molecule has 2 heterocycles. The van der Waals surface area contributed by atoms with Crippen LogP contribution in [0.2, 0.25) is 0 Å². The Morgan fingerprint density at radius 2 is 1.96 bits per heavy atom. The molecule has 1 aliphatic carbocycles. The van der Waals surface area contributed by atoms with E-state index < -0.39 is 0 Å². The van der Waals surface area contributed by atoms with E-state index in [1.54, 1.807) is 0 Å². The Morgan fingerprint density at radius 1 is 1.22 bits per heavy atom. The summed E-state index contributed by atoms with van der Waals surface area (Å²) in [5, 5.41) is 3.74. The molecule has 3 heteroatoms. The van der Waals surface area contributed by atoms with Crippen LogP contribution >= 0.6 is 0 Å². The number of hydrogen-bond acceptors (Lipinski definition) is 3. The number of fused-ring (bicyclic) bond motifs is 5. The number of hydrogen-bond donors (Lipinski definition) is 1. The summed E-state index contributed by atoms with van der Waals surface area (Å²) in [6.45, 7) is 14.8. The molecule has 0 saturated carbocycles. The van der Waals surface area contributed by atoms with E-state index in [1.165, 1.54) is 17.5 Å². The molecule has 1 aliphatic heterocycles. The Balaban J connectivity index is 1.94. The van der Waals surface area contributed by atoms with Crippen molar-refractivity contribution in [1.29, 1.82) is 0 Å². The molecule has 2 aromatic rings. The minimum absolute atomic E-state index is 0.0554. The van der Waals surface area contributed by atoms with E-state index in [-0.39, 0.29) is 16.2 Å². The zero-order valence-electron chi connectivity index (χ0n) is 15.2. The van der Waals surface area contributed by atoms with Crippen molar-refractivity contribution in [2.75, 3.05) is 6.54 Å². The first-order valence-corrected chi connectivity index (χ1v) is 8.81. The van der Waals surface area contributed by atoms with Crippen LogP contribution in [0.3, 0.4) is 0 Å². The van der Waals surface area contributed by atoms with Crippen molar-refractivity contribution < 1.29 is 4.42 Å². The van der Waals surface area contributed by atoms with E-state index in [0.717, 1.165) is 30.0 Å². The van der Waals surface area contributed by atoms with Crippen molar-refractivity contribution >= 4 is 11.1 Å². The molecule has 124 valence electrons. The van der Waals surface area contributed by atoms with E-state index in [2.05, 4.69) is 59.0 Å². The van der Waals surface area contributed by atoms with Gasteiger partial charge in [-0.2, -0.15) is 0 Å². The van der Waals surface area contributed by atoms with Crippen LogP contribution in [0.25, 0.3) is 11.1 Å². The summed E-state index contributed by atoms with van der Waals surface area (Å²) in [7, 11) is 0. The fourth-order valence-corrected chi connectivity index (χ4v) is 4.51. The van der Waals surface area contributed by atoms with Crippen molar-refractivity contribution in [2.45, 2.75) is 71.3 Å². The van der Waals surface area contributed by atoms with Gasteiger partial charge in [-0.1, -0.05) is 41.5 Å². The number of aromatic nitrogens is 1. The molecule has 0 amide bonds. The Hall–Kier alpha value is -1.35. The Bertz CT molecular complexity index is 781. The summed E-state index contributed by atoms with van der Waals surface area (Å²) < 4.78 is 6.07. The maximum atomic E-state index is 6.07. The highest BCUT2D eigenvalue weighted by Gasteiger charge is 2.53. The maximum Gasteiger partial charge on any atom is 0.200 e. The van der Waals surface area contributed by atoms with Crippen molar-refractivity contribution in [2.24, 2.45) is 5.41 Å². The lowest BCUT2D eigenvalue weighted by molar-refractivity contribution is 0.0561. The van der Waals surface area contributed by atoms with E-state index in [9.17, 15) is 0 Å². The smallest absolute Gasteiger partial charge is 0.200 e. The monoisotopic (exact) mass is 312 g/mol. The lowest BCUT2D eigenvalue weighted by atomic mass is 9.51. The average molecular weight is 312 g/mol. The zero-order chi connectivity index (χ0) is 16.6. The molecule has 2 aliphatic rings. The standard InChI is InChI=1S/C20H28N2O/c1-18(2,3)17-22-14-11-13-12(9-15(14)23-17)10-16-19(4,5)20(13,6)7-8-21-16/h9,11,16,21H,7-8,10H2,1-6H3/t16-,20?/m1/s1. The van der Waals surface area contributed by atoms with E-state index in [4.69, 9.17) is 9.40 Å². The molecule has 2 atom stereocenters. The highest BCUT2D eigenvalue weighted by molar-refractivity contribution is 5.76. The van der Waals surface area contributed by atoms with Crippen LogP contribution in [0, 0.1) is 5.41 Å². The summed E-state index contributed by atoms with van der Waals surface area (Å²) in [5.41, 5.74) is 5.28. The van der Waals surface area contributed by atoms with Gasteiger partial charge in [0.05, 0.1) is 0 Å². The van der Waals surface area contributed by atoms with Crippen molar-refractivity contribution in [3.05, 3.63) is 29.2 Å². The van der Waals surface area contributed by atoms with Gasteiger partial charge in [0.1, 0.15) is 5.52 Å². The van der Waals surface area contributed by atoms with Gasteiger partial charge in [0.2, 0.25) is 5.89 Å². The molecule has 1 unspecified atom stereocenters. The van der Waals surface area contributed by atoms with Gasteiger partial charge in [-0.05, 0) is 48.1 Å². The van der Waals surface area contributed by atoms with Gasteiger partial charge >= 0.3 is 0 Å². The van der Waals surface area contributed by atoms with Crippen LogP contribution in [0.4, 0.5) is 0 Å². The first-order chi connectivity index (χ1) is 10.6. The second-order valence-electron chi connectivity index (χ2n) is 9.26. The second-order valence-corrected chi connectivity index (χ2v) is 9.26. The van der Waals surface area contributed by atoms with Gasteiger partial charge < -0.3 is 9.73 Å². The molecule has 1 N–H and O–H groups in total. The Labute approximate surface area is 138 Å². The SMILES string of the molecule is CC(C)(C)c1nc2cc3c(cc2o1)C[C@H]1NCCC3(C)C1(C)C. The summed E-state index contributed by atoms with van der Waals surface area (Å²) in [6.07, 6.45) is 2.26. The molecular formula is C20H28N2O. The van der Waals surface area contributed by atoms with Crippen molar-refractivity contribution in [3.63, 3.8) is 0 Å². The van der Waals surface area contributed by atoms with Crippen LogP contribution in [0.1, 0.15) is 65.0 Å². The van der Waals surface area contributed by atoms with E-state index in [0.29, 0.717) is 6.04 Å². The van der Waals surface area contributed by atoms with Crippen LogP contribution in [0.5, 0.6) is 0 Å². The van der Waals surface area contributed by atoms with Gasteiger partial charge in [-0.3, -0.25) is 0 Å². The Kier molecular flexibility index (Phi) is 2.90. The molecule has 1 aromatic heterocycles. The quantitative estimate of drug-likeness (QED) is 0.787. The third-order valence-corrected chi connectivity index (χ3v) is 6.58. The molecule has 0 spiro atoms. The third kappa shape index (κ3) is 1.95. The molecule has 1 saturated heterocycles. The summed E-state index contributed by atoms with van der Waals surface area (Å²) in [6, 6.07) is 5.10. The predicted octanol–water partition coefficient (Wildman–Crippen LogP) is 4.33. The van der Waals surface area contributed by atoms with Crippen LogP contribution < -0.4 is 5.32 Å². The van der Waals surface area contributed by atoms with E-state index in [1.807, 2.05) is 0 Å². The minimum Gasteiger partial charge on any atom is -0.440 e. The van der Waals surface area contributed by atoms with Crippen LogP contribution in [-0.4, -0.2) is 17.6 Å². The fraction of sp³-hybridized carbons (Fsp3) is 0.650. The molecule has 3 nitrogen and oxygen atoms in total. The predicted molar refractivity (Wildman–Crippen MR) is 94.0 cm³/mol. The van der Waals surface area contributed by atoms with Crippen molar-refractivity contribution in [3.8, 4) is 0 Å². The number of benzene rings is 1. The maximum absolute atomic E-state index is 6.07. The lowest BCUT2D eigenvalue weighted by Gasteiger charge is -2.57. The first-order valence-electron chi connectivity index (χ1n) is 8.81. The molecule has 0 radical (unpaired) electrons. The highest BCUT2D eigenvalue weighted by Crippen LogP contribution is 2.54. The molecule has 2 bridgehead atoms. The number of oxazole rings is 1. The van der Waals surface area contributed by atoms with Crippen LogP contribution in [0.15, 0.2) is 16.5 Å². The second kappa shape index (κ2) is 4.38. The van der Waals surface area contributed by atoms with Crippen molar-refractivity contribution in [1.82, 2.24) is 10.3 Å². The first kappa shape index (κ1) is 15.2. The van der Waals surface area contributed by atoms with Gasteiger partial charge in [-0.15, -0.1) is 0 Å². The topological polar surface area (TPSA) is 38.1 Å². The summed E-state index contributed by atoms with van der Waals surface area (Å²) in [5.74, 6) is 0.834. The fourth-order valence-electron chi connectivity index (χ4n) is 4.51. The van der Waals surface area contributed by atoms with Crippen LogP contribution in [-0.2, 0) is 17.3 Å². The molecular weight excluding hydrogens is 284 g/mol. The molecule has 23 heavy (non-hydrogen) atoms. The summed E-state index contributed by atoms with van der Waals surface area (Å²) >= 11 is 0. The van der Waals surface area contributed by atoms with Gasteiger partial charge in [0.15, 0.2) is 5.58 Å². The minimum atomic E-state index is -0.0554. The van der Waals surface area contributed by atoms with E-state index >= 15 is 0 Å². The normalized spacial score (nSPS) is 29.6. The molecule has 1 fully saturated rings. The number of nitrogens with one attached hydrogen (secondary N) is 1. The molecule has 4 rings (SSSR count). The lowest BCUT2D eigenvalue weighted by Crippen LogP contribution is -2.62. The largest absolute Gasteiger partial charge is 0.440 e. The van der Waals surface area contributed by atoms with Gasteiger partial charge in [0.25, 0.3) is 0 Å². The highest BCUT2D eigenvalue weighted by atomic mass is 16.3. The third-order valence-electron chi connectivity index (χ3n) is 6.58. The number of nitrogens with zero attached hydrogens (tertiary/aromatic N) is 1. The number of rotatable bonds is 0. The zero-order valence-corrected chi connectivity index (χ0v) is 15.2.